The lowest BCUT2D eigenvalue weighted by Crippen LogP contribution is -2.15. The lowest BCUT2D eigenvalue weighted by atomic mass is 10.2. The predicted octanol–water partition coefficient (Wildman–Crippen LogP) is 4.56. The monoisotopic (exact) mass is 421 g/mol. The molecular weight excluding hydrogens is 401 g/mol. The van der Waals surface area contributed by atoms with E-state index in [1.54, 1.807) is 23.9 Å². The molecular formula is C22H20FN5O3. The molecule has 2 amide bonds. The lowest BCUT2D eigenvalue weighted by molar-refractivity contribution is 0.101. The molecule has 158 valence electrons. The van der Waals surface area contributed by atoms with Gasteiger partial charge in [0.2, 0.25) is 0 Å². The Hall–Kier alpha value is -4.01. The van der Waals surface area contributed by atoms with Gasteiger partial charge in [0.1, 0.15) is 11.6 Å². The molecule has 0 aliphatic heterocycles. The first-order chi connectivity index (χ1) is 14.8. The standard InChI is InChI=1S/C22H20FN5O3/c1-12(2)28-20-14(11-25-28)8-15(10-24-20)21(29)26-16-4-5-18(23)19(9-16)27-22(30)17-6-7-31-13(17)3/h4-12H,1-3H3,(H,26,29)(H,27,30). The normalized spacial score (nSPS) is 11.1. The molecule has 0 bridgehead atoms. The second kappa shape index (κ2) is 8.02. The predicted molar refractivity (Wildman–Crippen MR) is 114 cm³/mol. The summed E-state index contributed by atoms with van der Waals surface area (Å²) in [5.74, 6) is -1.13. The summed E-state index contributed by atoms with van der Waals surface area (Å²) in [5.41, 5.74) is 1.58. The number of aromatic nitrogens is 3. The van der Waals surface area contributed by atoms with Crippen LogP contribution in [0.25, 0.3) is 11.0 Å². The maximum Gasteiger partial charge on any atom is 0.259 e. The van der Waals surface area contributed by atoms with Crippen LogP contribution in [0, 0.1) is 12.7 Å². The number of hydrogen-bond donors (Lipinski definition) is 2. The third-order valence-corrected chi connectivity index (χ3v) is 4.76. The number of anilines is 2. The zero-order valence-corrected chi connectivity index (χ0v) is 17.1. The molecule has 0 atom stereocenters. The Labute approximate surface area is 177 Å². The molecule has 0 radical (unpaired) electrons. The quantitative estimate of drug-likeness (QED) is 0.492. The Morgan fingerprint density at radius 1 is 1.10 bits per heavy atom. The van der Waals surface area contributed by atoms with Crippen molar-refractivity contribution in [1.82, 2.24) is 14.8 Å². The Kier molecular flexibility index (Phi) is 5.24. The highest BCUT2D eigenvalue weighted by Crippen LogP contribution is 2.23. The van der Waals surface area contributed by atoms with Crippen LogP contribution in [-0.2, 0) is 0 Å². The van der Waals surface area contributed by atoms with Gasteiger partial charge in [-0.05, 0) is 51.1 Å². The first kappa shape index (κ1) is 20.3. The fourth-order valence-corrected chi connectivity index (χ4v) is 3.15. The molecule has 3 heterocycles. The van der Waals surface area contributed by atoms with Gasteiger partial charge in [-0.3, -0.25) is 9.59 Å². The number of rotatable bonds is 5. The number of nitrogens with zero attached hydrogens (tertiary/aromatic N) is 3. The van der Waals surface area contributed by atoms with Crippen molar-refractivity contribution in [2.24, 2.45) is 0 Å². The van der Waals surface area contributed by atoms with Gasteiger partial charge in [-0.15, -0.1) is 0 Å². The highest BCUT2D eigenvalue weighted by Gasteiger charge is 2.16. The first-order valence-corrected chi connectivity index (χ1v) is 9.63. The van der Waals surface area contributed by atoms with E-state index in [2.05, 4.69) is 20.7 Å². The van der Waals surface area contributed by atoms with Gasteiger partial charge in [0, 0.05) is 23.3 Å². The maximum absolute atomic E-state index is 14.2. The number of hydrogen-bond acceptors (Lipinski definition) is 5. The van der Waals surface area contributed by atoms with E-state index in [0.717, 1.165) is 5.39 Å². The Bertz CT molecular complexity index is 1290. The Morgan fingerprint density at radius 3 is 2.61 bits per heavy atom. The van der Waals surface area contributed by atoms with E-state index in [1.165, 1.54) is 36.7 Å². The molecule has 4 aromatic rings. The van der Waals surface area contributed by atoms with Gasteiger partial charge < -0.3 is 15.1 Å². The molecule has 1 aromatic carbocycles. The second-order valence-electron chi connectivity index (χ2n) is 7.31. The zero-order chi connectivity index (χ0) is 22.1. The minimum Gasteiger partial charge on any atom is -0.469 e. The second-order valence-corrected chi connectivity index (χ2v) is 7.31. The molecule has 0 aliphatic carbocycles. The number of fused-ring (bicyclic) bond motifs is 1. The summed E-state index contributed by atoms with van der Waals surface area (Å²) in [6.07, 6.45) is 4.50. The highest BCUT2D eigenvalue weighted by molar-refractivity contribution is 6.07. The minimum atomic E-state index is -0.628. The molecule has 0 fully saturated rings. The van der Waals surface area contributed by atoms with Crippen LogP contribution in [-0.4, -0.2) is 26.6 Å². The fraction of sp³-hybridized carbons (Fsp3) is 0.182. The highest BCUT2D eigenvalue weighted by atomic mass is 19.1. The Morgan fingerprint density at radius 2 is 1.90 bits per heavy atom. The van der Waals surface area contributed by atoms with Gasteiger partial charge in [-0.2, -0.15) is 5.10 Å². The van der Waals surface area contributed by atoms with E-state index >= 15 is 0 Å². The molecule has 2 N–H and O–H groups in total. The number of pyridine rings is 1. The number of carbonyl (C=O) groups excluding carboxylic acids is 2. The van der Waals surface area contributed by atoms with Crippen molar-refractivity contribution in [3.8, 4) is 0 Å². The molecule has 0 saturated carbocycles. The van der Waals surface area contributed by atoms with Crippen molar-refractivity contribution in [3.05, 3.63) is 71.7 Å². The Balaban J connectivity index is 1.53. The van der Waals surface area contributed by atoms with Gasteiger partial charge >= 0.3 is 0 Å². The molecule has 0 spiro atoms. The van der Waals surface area contributed by atoms with Crippen molar-refractivity contribution >= 4 is 34.2 Å². The number of benzene rings is 1. The smallest absolute Gasteiger partial charge is 0.259 e. The maximum atomic E-state index is 14.2. The summed E-state index contributed by atoms with van der Waals surface area (Å²) >= 11 is 0. The number of furan rings is 1. The van der Waals surface area contributed by atoms with E-state index in [1.807, 2.05) is 13.8 Å². The summed E-state index contributed by atoms with van der Waals surface area (Å²) < 4.78 is 21.1. The van der Waals surface area contributed by atoms with Gasteiger partial charge in [0.05, 0.1) is 29.3 Å². The zero-order valence-electron chi connectivity index (χ0n) is 17.1. The summed E-state index contributed by atoms with van der Waals surface area (Å²) in [6, 6.07) is 7.26. The van der Waals surface area contributed by atoms with Gasteiger partial charge in [0.25, 0.3) is 11.8 Å². The van der Waals surface area contributed by atoms with Crippen molar-refractivity contribution in [2.45, 2.75) is 26.8 Å². The number of carbonyl (C=O) groups is 2. The number of amides is 2. The molecule has 0 unspecified atom stereocenters. The van der Waals surface area contributed by atoms with Crippen molar-refractivity contribution in [2.75, 3.05) is 10.6 Å². The third kappa shape index (κ3) is 4.02. The molecule has 9 heteroatoms. The van der Waals surface area contributed by atoms with Crippen LogP contribution in [0.4, 0.5) is 15.8 Å². The van der Waals surface area contributed by atoms with E-state index < -0.39 is 17.6 Å². The van der Waals surface area contributed by atoms with Crippen LogP contribution in [0.2, 0.25) is 0 Å². The number of aryl methyl sites for hydroxylation is 1. The van der Waals surface area contributed by atoms with Crippen LogP contribution in [0.15, 0.2) is 53.4 Å². The molecule has 0 saturated heterocycles. The summed E-state index contributed by atoms with van der Waals surface area (Å²) in [5, 5.41) is 10.2. The van der Waals surface area contributed by atoms with E-state index in [-0.39, 0.29) is 11.7 Å². The average molecular weight is 421 g/mol. The van der Waals surface area contributed by atoms with Crippen LogP contribution in [0.1, 0.15) is 46.4 Å². The third-order valence-electron chi connectivity index (χ3n) is 4.76. The average Bonchev–Trinajstić information content (AvgIpc) is 3.36. The van der Waals surface area contributed by atoms with Gasteiger partial charge in [-0.25, -0.2) is 14.1 Å². The van der Waals surface area contributed by atoms with Crippen LogP contribution < -0.4 is 10.6 Å². The van der Waals surface area contributed by atoms with Crippen molar-refractivity contribution in [3.63, 3.8) is 0 Å². The largest absolute Gasteiger partial charge is 0.469 e. The molecule has 0 aliphatic rings. The van der Waals surface area contributed by atoms with Crippen LogP contribution >= 0.6 is 0 Å². The summed E-state index contributed by atoms with van der Waals surface area (Å²) in [7, 11) is 0. The fourth-order valence-electron chi connectivity index (χ4n) is 3.15. The summed E-state index contributed by atoms with van der Waals surface area (Å²) in [6.45, 7) is 5.62. The van der Waals surface area contributed by atoms with Gasteiger partial charge in [0.15, 0.2) is 5.65 Å². The number of nitrogens with one attached hydrogen (secondary N) is 2. The van der Waals surface area contributed by atoms with E-state index in [9.17, 15) is 14.0 Å². The van der Waals surface area contributed by atoms with E-state index in [0.29, 0.717) is 28.2 Å². The van der Waals surface area contributed by atoms with Gasteiger partial charge in [-0.1, -0.05) is 0 Å². The molecule has 3 aromatic heterocycles. The van der Waals surface area contributed by atoms with Crippen LogP contribution in [0.5, 0.6) is 0 Å². The molecule has 8 nitrogen and oxygen atoms in total. The van der Waals surface area contributed by atoms with Crippen molar-refractivity contribution in [1.29, 1.82) is 0 Å². The first-order valence-electron chi connectivity index (χ1n) is 9.63. The number of halogens is 1. The minimum absolute atomic E-state index is 0.0600. The van der Waals surface area contributed by atoms with Crippen LogP contribution in [0.3, 0.4) is 0 Å². The van der Waals surface area contributed by atoms with Crippen molar-refractivity contribution < 1.29 is 18.4 Å². The van der Waals surface area contributed by atoms with E-state index in [4.69, 9.17) is 4.42 Å². The lowest BCUT2D eigenvalue weighted by Gasteiger charge is -2.10. The SMILES string of the molecule is Cc1occc1C(=O)Nc1cc(NC(=O)c2cnc3c(cnn3C(C)C)c2)ccc1F. The molecule has 31 heavy (non-hydrogen) atoms. The topological polar surface area (TPSA) is 102 Å². The summed E-state index contributed by atoms with van der Waals surface area (Å²) in [4.78, 5) is 29.4. The molecule has 4 rings (SSSR count).